The van der Waals surface area contributed by atoms with E-state index < -0.39 is 6.10 Å². The fourth-order valence-corrected chi connectivity index (χ4v) is 2.85. The number of aromatic nitrogens is 2. The van der Waals surface area contributed by atoms with Crippen LogP contribution in [0.15, 0.2) is 47.0 Å². The molecule has 3 aromatic rings. The Kier molecular flexibility index (Phi) is 6.31. The number of halogens is 1. The summed E-state index contributed by atoms with van der Waals surface area (Å²) in [5.41, 5.74) is 2.97. The summed E-state index contributed by atoms with van der Waals surface area (Å²) in [6.45, 7) is 6.05. The minimum absolute atomic E-state index is 0.114. The van der Waals surface area contributed by atoms with E-state index >= 15 is 0 Å². The summed E-state index contributed by atoms with van der Waals surface area (Å²) in [5.74, 6) is 1.11. The highest BCUT2D eigenvalue weighted by Gasteiger charge is 2.20. The summed E-state index contributed by atoms with van der Waals surface area (Å²) in [6.07, 6.45) is -0.0685. The number of nitrogens with zero attached hydrogens (tertiary/aromatic N) is 2. The first kappa shape index (κ1) is 19.9. The van der Waals surface area contributed by atoms with E-state index in [1.165, 1.54) is 5.56 Å². The molecule has 0 aliphatic carbocycles. The van der Waals surface area contributed by atoms with Crippen LogP contribution in [0.25, 0.3) is 11.4 Å². The smallest absolute Gasteiger partial charge is 0.261 e. The molecule has 1 atom stereocenters. The molecule has 3 rings (SSSR count). The zero-order valence-electron chi connectivity index (χ0n) is 16.0. The number of rotatable bonds is 7. The number of benzene rings is 2. The predicted octanol–water partition coefficient (Wildman–Crippen LogP) is 4.48. The Morgan fingerprint density at radius 3 is 2.71 bits per heavy atom. The maximum atomic E-state index is 12.5. The van der Waals surface area contributed by atoms with Crippen LogP contribution in [0, 0.1) is 13.8 Å². The highest BCUT2D eigenvalue weighted by molar-refractivity contribution is 6.33. The number of ether oxygens (including phenoxy) is 1. The number of carbonyl (C=O) groups is 1. The van der Waals surface area contributed by atoms with Crippen molar-refractivity contribution in [3.8, 4) is 17.1 Å². The molecule has 1 amide bonds. The fourth-order valence-electron chi connectivity index (χ4n) is 2.63. The minimum atomic E-state index is -0.604. The van der Waals surface area contributed by atoms with Crippen molar-refractivity contribution in [2.24, 2.45) is 0 Å². The second-order valence-corrected chi connectivity index (χ2v) is 6.88. The molecule has 1 aromatic heterocycles. The van der Waals surface area contributed by atoms with Crippen LogP contribution in [0.4, 0.5) is 0 Å². The summed E-state index contributed by atoms with van der Waals surface area (Å²) in [4.78, 5) is 16.8. The predicted molar refractivity (Wildman–Crippen MR) is 107 cm³/mol. The molecule has 0 radical (unpaired) electrons. The third-order valence-corrected chi connectivity index (χ3v) is 4.75. The summed E-state index contributed by atoms with van der Waals surface area (Å²) in [7, 11) is 0. The average molecular weight is 400 g/mol. The maximum Gasteiger partial charge on any atom is 0.261 e. The van der Waals surface area contributed by atoms with Crippen LogP contribution in [-0.2, 0) is 11.3 Å². The molecular formula is C21H22ClN3O3. The van der Waals surface area contributed by atoms with Crippen molar-refractivity contribution in [1.82, 2.24) is 15.5 Å². The number of hydrogen-bond donors (Lipinski definition) is 1. The lowest BCUT2D eigenvalue weighted by Crippen LogP contribution is -2.37. The summed E-state index contributed by atoms with van der Waals surface area (Å²) in [5, 5.41) is 7.24. The number of carbonyl (C=O) groups excluding carboxylic acids is 1. The van der Waals surface area contributed by atoms with Gasteiger partial charge >= 0.3 is 0 Å². The largest absolute Gasteiger partial charge is 0.481 e. The van der Waals surface area contributed by atoms with Gasteiger partial charge < -0.3 is 14.6 Å². The minimum Gasteiger partial charge on any atom is -0.481 e. The molecule has 28 heavy (non-hydrogen) atoms. The quantitative estimate of drug-likeness (QED) is 0.633. The Hall–Kier alpha value is -2.86. The van der Waals surface area contributed by atoms with Crippen molar-refractivity contribution < 1.29 is 14.1 Å². The van der Waals surface area contributed by atoms with Crippen LogP contribution in [0.1, 0.15) is 30.4 Å². The summed E-state index contributed by atoms with van der Waals surface area (Å²) in [6, 6.07) is 13.0. The van der Waals surface area contributed by atoms with Gasteiger partial charge in [-0.2, -0.15) is 4.98 Å². The first-order valence-electron chi connectivity index (χ1n) is 9.07. The van der Waals surface area contributed by atoms with E-state index in [0.29, 0.717) is 34.5 Å². The standard InChI is InChI=1S/C21H22ClN3O3/c1-4-18(27-15-10-9-13(2)14(3)11-15)21(26)23-12-19-24-20(25-28-19)16-7-5-6-8-17(16)22/h5-11,18H,4,12H2,1-3H3,(H,23,26)/t18-/m1/s1. The molecule has 146 valence electrons. The maximum absolute atomic E-state index is 12.5. The fraction of sp³-hybridized carbons (Fsp3) is 0.286. The van der Waals surface area contributed by atoms with Gasteiger partial charge in [0.15, 0.2) is 6.10 Å². The number of aryl methyl sites for hydroxylation is 2. The second-order valence-electron chi connectivity index (χ2n) is 6.47. The molecular weight excluding hydrogens is 378 g/mol. The topological polar surface area (TPSA) is 77.2 Å². The van der Waals surface area contributed by atoms with Gasteiger partial charge in [0.1, 0.15) is 5.75 Å². The Morgan fingerprint density at radius 1 is 1.21 bits per heavy atom. The molecule has 0 unspecified atom stereocenters. The van der Waals surface area contributed by atoms with Gasteiger partial charge in [-0.3, -0.25) is 4.79 Å². The van der Waals surface area contributed by atoms with Gasteiger partial charge in [-0.05, 0) is 55.7 Å². The second kappa shape index (κ2) is 8.89. The van der Waals surface area contributed by atoms with Gasteiger partial charge in [0.2, 0.25) is 11.7 Å². The molecule has 7 heteroatoms. The first-order chi connectivity index (χ1) is 13.5. The van der Waals surface area contributed by atoms with Crippen LogP contribution in [0.2, 0.25) is 5.02 Å². The molecule has 1 heterocycles. The zero-order valence-corrected chi connectivity index (χ0v) is 16.8. The molecule has 0 spiro atoms. The van der Waals surface area contributed by atoms with Gasteiger partial charge in [-0.25, -0.2) is 0 Å². The molecule has 2 aromatic carbocycles. The molecule has 0 fully saturated rings. The van der Waals surface area contributed by atoms with E-state index in [9.17, 15) is 4.79 Å². The van der Waals surface area contributed by atoms with Crippen molar-refractivity contribution in [1.29, 1.82) is 0 Å². The van der Waals surface area contributed by atoms with Crippen LogP contribution < -0.4 is 10.1 Å². The van der Waals surface area contributed by atoms with Crippen molar-refractivity contribution >= 4 is 17.5 Å². The van der Waals surface area contributed by atoms with E-state index in [4.69, 9.17) is 20.9 Å². The number of amides is 1. The van der Waals surface area contributed by atoms with Gasteiger partial charge in [0, 0.05) is 5.56 Å². The van der Waals surface area contributed by atoms with Crippen molar-refractivity contribution in [2.75, 3.05) is 0 Å². The molecule has 0 saturated carbocycles. The average Bonchev–Trinajstić information content (AvgIpc) is 3.16. The molecule has 0 aliphatic rings. The van der Waals surface area contributed by atoms with Crippen LogP contribution in [0.3, 0.4) is 0 Å². The molecule has 0 aliphatic heterocycles. The highest BCUT2D eigenvalue weighted by Crippen LogP contribution is 2.24. The zero-order chi connectivity index (χ0) is 20.1. The van der Waals surface area contributed by atoms with E-state index in [2.05, 4.69) is 15.5 Å². The Bertz CT molecular complexity index is 971. The van der Waals surface area contributed by atoms with Gasteiger partial charge in [0.25, 0.3) is 5.91 Å². The summed E-state index contributed by atoms with van der Waals surface area (Å²) < 4.78 is 11.1. The van der Waals surface area contributed by atoms with Gasteiger partial charge in [-0.15, -0.1) is 0 Å². The Morgan fingerprint density at radius 2 is 2.00 bits per heavy atom. The molecule has 1 N–H and O–H groups in total. The first-order valence-corrected chi connectivity index (χ1v) is 9.44. The van der Waals surface area contributed by atoms with Crippen LogP contribution in [-0.4, -0.2) is 22.2 Å². The lowest BCUT2D eigenvalue weighted by atomic mass is 10.1. The SMILES string of the molecule is CC[C@@H](Oc1ccc(C)c(C)c1)C(=O)NCc1nc(-c2ccccc2Cl)no1. The summed E-state index contributed by atoms with van der Waals surface area (Å²) >= 11 is 6.15. The number of hydrogen-bond acceptors (Lipinski definition) is 5. The Labute approximate surface area is 168 Å². The van der Waals surface area contributed by atoms with Crippen molar-refractivity contribution in [3.05, 3.63) is 64.5 Å². The van der Waals surface area contributed by atoms with Crippen molar-refractivity contribution in [2.45, 2.75) is 39.8 Å². The van der Waals surface area contributed by atoms with E-state index in [0.717, 1.165) is 5.56 Å². The third-order valence-electron chi connectivity index (χ3n) is 4.42. The normalized spacial score (nSPS) is 11.9. The highest BCUT2D eigenvalue weighted by atomic mass is 35.5. The van der Waals surface area contributed by atoms with Crippen molar-refractivity contribution in [3.63, 3.8) is 0 Å². The lowest BCUT2D eigenvalue weighted by molar-refractivity contribution is -0.128. The molecule has 0 bridgehead atoms. The number of nitrogens with one attached hydrogen (secondary N) is 1. The van der Waals surface area contributed by atoms with Crippen LogP contribution >= 0.6 is 11.6 Å². The lowest BCUT2D eigenvalue weighted by Gasteiger charge is -2.17. The van der Waals surface area contributed by atoms with E-state index in [1.54, 1.807) is 12.1 Å². The Balaban J connectivity index is 1.61. The van der Waals surface area contributed by atoms with Crippen LogP contribution in [0.5, 0.6) is 5.75 Å². The molecule has 6 nitrogen and oxygen atoms in total. The van der Waals surface area contributed by atoms with E-state index in [1.807, 2.05) is 51.1 Å². The third kappa shape index (κ3) is 4.70. The van der Waals surface area contributed by atoms with E-state index in [-0.39, 0.29) is 12.5 Å². The van der Waals surface area contributed by atoms with Gasteiger partial charge in [-0.1, -0.05) is 41.9 Å². The van der Waals surface area contributed by atoms with Gasteiger partial charge in [0.05, 0.1) is 11.6 Å². The molecule has 0 saturated heterocycles. The monoisotopic (exact) mass is 399 g/mol.